The molecule has 0 aliphatic carbocycles. The van der Waals surface area contributed by atoms with Gasteiger partial charge >= 0.3 is 0 Å². The first kappa shape index (κ1) is 12.8. The van der Waals surface area contributed by atoms with Gasteiger partial charge in [0.25, 0.3) is 0 Å². The van der Waals surface area contributed by atoms with Gasteiger partial charge in [0.05, 0.1) is 9.26 Å². The molecule has 0 aliphatic heterocycles. The topological polar surface area (TPSA) is 25.8 Å². The first-order valence-electron chi connectivity index (χ1n) is 5.84. The van der Waals surface area contributed by atoms with E-state index < -0.39 is 0 Å². The quantitative estimate of drug-likeness (QED) is 0.445. The molecule has 0 radical (unpaired) electrons. The Morgan fingerprint density at radius 2 is 1.74 bits per heavy atom. The number of benzene rings is 2. The number of hydrogen-bond acceptors (Lipinski definition) is 2. The molecule has 1 aromatic heterocycles. The van der Waals surface area contributed by atoms with Crippen LogP contribution in [0.25, 0.3) is 22.2 Å². The van der Waals surface area contributed by atoms with Crippen LogP contribution in [-0.4, -0.2) is 9.97 Å². The van der Waals surface area contributed by atoms with Crippen LogP contribution in [0.1, 0.15) is 5.69 Å². The molecule has 0 saturated carbocycles. The summed E-state index contributed by atoms with van der Waals surface area (Å²) in [4.78, 5) is 8.95. The summed E-state index contributed by atoms with van der Waals surface area (Å²) in [6, 6.07) is 14.3. The monoisotopic (exact) mass is 380 g/mol. The summed E-state index contributed by atoms with van der Waals surface area (Å²) in [6.45, 7) is 1.95. The number of halogens is 2. The maximum atomic E-state index is 6.16. The van der Waals surface area contributed by atoms with E-state index in [1.807, 2.05) is 31.2 Å². The molecule has 0 spiro atoms. The number of hydrogen-bond donors (Lipinski definition) is 0. The molecule has 0 bridgehead atoms. The molecule has 0 saturated heterocycles. The highest BCUT2D eigenvalue weighted by atomic mass is 127. The first-order chi connectivity index (χ1) is 9.16. The highest BCUT2D eigenvalue weighted by Gasteiger charge is 2.11. The summed E-state index contributed by atoms with van der Waals surface area (Å²) < 4.78 is 0.906. The molecule has 0 unspecified atom stereocenters. The van der Waals surface area contributed by atoms with E-state index in [1.165, 1.54) is 5.39 Å². The van der Waals surface area contributed by atoms with E-state index in [1.54, 1.807) is 0 Å². The van der Waals surface area contributed by atoms with E-state index in [2.05, 4.69) is 50.8 Å². The second-order valence-corrected chi connectivity index (χ2v) is 5.70. The minimum atomic E-state index is 0.510. The Bertz CT molecular complexity index is 743. The largest absolute Gasteiger partial charge is 0.232 e. The van der Waals surface area contributed by atoms with Gasteiger partial charge in [0.15, 0.2) is 5.82 Å². The zero-order chi connectivity index (χ0) is 13.4. The van der Waals surface area contributed by atoms with Gasteiger partial charge < -0.3 is 0 Å². The predicted octanol–water partition coefficient (Wildman–Crippen LogP) is 4.86. The molecule has 2 nitrogen and oxygen atoms in total. The summed E-state index contributed by atoms with van der Waals surface area (Å²) >= 11 is 8.33. The zero-order valence-corrected chi connectivity index (χ0v) is 13.1. The van der Waals surface area contributed by atoms with Crippen molar-refractivity contribution in [1.82, 2.24) is 9.97 Å². The number of aryl methyl sites for hydroxylation is 1. The van der Waals surface area contributed by atoms with Gasteiger partial charge in [0.1, 0.15) is 5.15 Å². The van der Waals surface area contributed by atoms with E-state index in [0.29, 0.717) is 11.0 Å². The minimum absolute atomic E-state index is 0.510. The average Bonchev–Trinajstić information content (AvgIpc) is 2.43. The lowest BCUT2D eigenvalue weighted by molar-refractivity contribution is 1.09. The molecule has 0 fully saturated rings. The van der Waals surface area contributed by atoms with Gasteiger partial charge in [-0.25, -0.2) is 9.97 Å². The molecule has 0 aliphatic rings. The predicted molar refractivity (Wildman–Crippen MR) is 87.4 cm³/mol. The molecule has 0 atom stereocenters. The minimum Gasteiger partial charge on any atom is -0.232 e. The number of nitrogens with zero attached hydrogens (tertiary/aromatic N) is 2. The molecule has 1 heterocycles. The first-order valence-corrected chi connectivity index (χ1v) is 7.30. The van der Waals surface area contributed by atoms with Gasteiger partial charge in [-0.15, -0.1) is 0 Å². The molecule has 94 valence electrons. The van der Waals surface area contributed by atoms with Crippen LogP contribution in [0.15, 0.2) is 42.5 Å². The van der Waals surface area contributed by atoms with Crippen molar-refractivity contribution in [3.8, 4) is 11.4 Å². The molecule has 0 amide bonds. The maximum absolute atomic E-state index is 6.16. The van der Waals surface area contributed by atoms with E-state index in [9.17, 15) is 0 Å². The van der Waals surface area contributed by atoms with Crippen LogP contribution in [-0.2, 0) is 0 Å². The molecule has 3 rings (SSSR count). The summed E-state index contributed by atoms with van der Waals surface area (Å²) in [6.07, 6.45) is 0. The normalized spacial score (nSPS) is 10.9. The molecular weight excluding hydrogens is 371 g/mol. The van der Waals surface area contributed by atoms with Crippen LogP contribution in [0.3, 0.4) is 0 Å². The van der Waals surface area contributed by atoms with E-state index in [0.717, 1.165) is 20.2 Å². The van der Waals surface area contributed by atoms with Gasteiger partial charge in [-0.3, -0.25) is 0 Å². The van der Waals surface area contributed by atoms with Gasteiger partial charge in [0, 0.05) is 5.56 Å². The lowest BCUT2D eigenvalue weighted by Gasteiger charge is -2.08. The third kappa shape index (κ3) is 2.32. The third-order valence-electron chi connectivity index (χ3n) is 3.01. The summed E-state index contributed by atoms with van der Waals surface area (Å²) in [5.41, 5.74) is 1.92. The van der Waals surface area contributed by atoms with Crippen molar-refractivity contribution in [2.45, 2.75) is 6.92 Å². The molecule has 3 aromatic rings. The standard InChI is InChI=1S/C15H10ClIN2/c1-9-13(17)14(16)19-15(18-9)12-8-4-6-10-5-2-3-7-11(10)12/h2-8H,1H3. The van der Waals surface area contributed by atoms with Gasteiger partial charge in [-0.05, 0) is 40.3 Å². The van der Waals surface area contributed by atoms with Crippen molar-refractivity contribution < 1.29 is 0 Å². The van der Waals surface area contributed by atoms with Crippen molar-refractivity contribution in [3.05, 3.63) is 56.9 Å². The number of rotatable bonds is 1. The van der Waals surface area contributed by atoms with Gasteiger partial charge in [-0.1, -0.05) is 54.1 Å². The summed E-state index contributed by atoms with van der Waals surface area (Å²) in [5.74, 6) is 0.680. The molecule has 19 heavy (non-hydrogen) atoms. The lowest BCUT2D eigenvalue weighted by Crippen LogP contribution is -1.97. The molecule has 2 aromatic carbocycles. The van der Waals surface area contributed by atoms with Crippen LogP contribution < -0.4 is 0 Å². The van der Waals surface area contributed by atoms with Crippen molar-refractivity contribution in [1.29, 1.82) is 0 Å². The second kappa shape index (κ2) is 5.06. The van der Waals surface area contributed by atoms with Crippen molar-refractivity contribution in [3.63, 3.8) is 0 Å². The Morgan fingerprint density at radius 3 is 2.53 bits per heavy atom. The molecule has 4 heteroatoms. The van der Waals surface area contributed by atoms with Crippen LogP contribution in [0, 0.1) is 10.5 Å². The number of aromatic nitrogens is 2. The Morgan fingerprint density at radius 1 is 1.00 bits per heavy atom. The van der Waals surface area contributed by atoms with Crippen LogP contribution >= 0.6 is 34.2 Å². The molecular formula is C15H10ClIN2. The van der Waals surface area contributed by atoms with E-state index in [-0.39, 0.29) is 0 Å². The van der Waals surface area contributed by atoms with Crippen LogP contribution in [0.2, 0.25) is 5.15 Å². The van der Waals surface area contributed by atoms with Crippen LogP contribution in [0.5, 0.6) is 0 Å². The van der Waals surface area contributed by atoms with Crippen molar-refractivity contribution >= 4 is 45.0 Å². The second-order valence-electron chi connectivity index (χ2n) is 4.26. The smallest absolute Gasteiger partial charge is 0.161 e. The third-order valence-corrected chi connectivity index (χ3v) is 4.89. The average molecular weight is 381 g/mol. The van der Waals surface area contributed by atoms with Crippen molar-refractivity contribution in [2.75, 3.05) is 0 Å². The fourth-order valence-corrected chi connectivity index (χ4v) is 2.52. The highest BCUT2D eigenvalue weighted by molar-refractivity contribution is 14.1. The van der Waals surface area contributed by atoms with E-state index >= 15 is 0 Å². The van der Waals surface area contributed by atoms with Gasteiger partial charge in [-0.2, -0.15) is 0 Å². The highest BCUT2D eigenvalue weighted by Crippen LogP contribution is 2.28. The fraction of sp³-hybridized carbons (Fsp3) is 0.0667. The Hall–Kier alpha value is -1.20. The van der Waals surface area contributed by atoms with E-state index in [4.69, 9.17) is 11.6 Å². The lowest BCUT2D eigenvalue weighted by atomic mass is 10.0. The molecule has 0 N–H and O–H groups in total. The maximum Gasteiger partial charge on any atom is 0.161 e. The SMILES string of the molecule is Cc1nc(-c2cccc3ccccc23)nc(Cl)c1I. The Kier molecular flexibility index (Phi) is 3.41. The number of fused-ring (bicyclic) bond motifs is 1. The van der Waals surface area contributed by atoms with Crippen molar-refractivity contribution in [2.24, 2.45) is 0 Å². The Labute approximate surface area is 130 Å². The summed E-state index contributed by atoms with van der Waals surface area (Å²) in [5, 5.41) is 2.83. The zero-order valence-electron chi connectivity index (χ0n) is 10.2. The summed E-state index contributed by atoms with van der Waals surface area (Å²) in [7, 11) is 0. The van der Waals surface area contributed by atoms with Crippen LogP contribution in [0.4, 0.5) is 0 Å². The fourth-order valence-electron chi connectivity index (χ4n) is 2.07. The van der Waals surface area contributed by atoms with Gasteiger partial charge in [0.2, 0.25) is 0 Å². The Balaban J connectivity index is 2.31.